The van der Waals surface area contributed by atoms with E-state index < -0.39 is 0 Å². The molecule has 1 atom stereocenters. The maximum absolute atomic E-state index is 5.42. The van der Waals surface area contributed by atoms with Crippen molar-refractivity contribution in [3.63, 3.8) is 0 Å². The zero-order chi connectivity index (χ0) is 10.8. The highest BCUT2D eigenvalue weighted by atomic mass is 16.5. The molecule has 15 heavy (non-hydrogen) atoms. The van der Waals surface area contributed by atoms with E-state index in [0.717, 1.165) is 51.9 Å². The summed E-state index contributed by atoms with van der Waals surface area (Å²) in [6, 6.07) is 0. The number of nitrogens with one attached hydrogen (secondary N) is 2. The highest BCUT2D eigenvalue weighted by molar-refractivity contribution is 4.66. The zero-order valence-corrected chi connectivity index (χ0v) is 9.76. The van der Waals surface area contributed by atoms with Gasteiger partial charge in [0.2, 0.25) is 0 Å². The van der Waals surface area contributed by atoms with Gasteiger partial charge in [-0.05, 0) is 18.8 Å². The third-order valence-electron chi connectivity index (χ3n) is 2.65. The lowest BCUT2D eigenvalue weighted by molar-refractivity contribution is 0.0549. The predicted molar refractivity (Wildman–Crippen MR) is 61.2 cm³/mol. The van der Waals surface area contributed by atoms with Gasteiger partial charge in [-0.15, -0.1) is 0 Å². The summed E-state index contributed by atoms with van der Waals surface area (Å²) in [5.74, 6) is 0.720. The van der Waals surface area contributed by atoms with E-state index in [4.69, 9.17) is 9.47 Å². The van der Waals surface area contributed by atoms with Crippen LogP contribution in [0.25, 0.3) is 0 Å². The summed E-state index contributed by atoms with van der Waals surface area (Å²) in [7, 11) is 1.73. The minimum Gasteiger partial charge on any atom is -0.383 e. The van der Waals surface area contributed by atoms with Gasteiger partial charge in [0.05, 0.1) is 13.2 Å². The Morgan fingerprint density at radius 1 is 1.27 bits per heavy atom. The Kier molecular flexibility index (Phi) is 7.83. The van der Waals surface area contributed by atoms with Gasteiger partial charge in [0.25, 0.3) is 0 Å². The Morgan fingerprint density at radius 2 is 2.13 bits per heavy atom. The first kappa shape index (κ1) is 12.9. The maximum Gasteiger partial charge on any atom is 0.0587 e. The van der Waals surface area contributed by atoms with Crippen LogP contribution in [0.5, 0.6) is 0 Å². The summed E-state index contributed by atoms with van der Waals surface area (Å²) < 4.78 is 10.4. The molecular formula is C11H24N2O2. The van der Waals surface area contributed by atoms with Gasteiger partial charge in [0.15, 0.2) is 0 Å². The van der Waals surface area contributed by atoms with Crippen molar-refractivity contribution in [2.45, 2.75) is 12.8 Å². The van der Waals surface area contributed by atoms with Crippen LogP contribution in [-0.2, 0) is 9.47 Å². The average molecular weight is 216 g/mol. The highest BCUT2D eigenvalue weighted by Gasteiger charge is 2.12. The first-order valence-corrected chi connectivity index (χ1v) is 5.91. The molecule has 1 heterocycles. The Bertz CT molecular complexity index is 139. The van der Waals surface area contributed by atoms with E-state index in [-0.39, 0.29) is 0 Å². The second kappa shape index (κ2) is 9.09. The standard InChI is InChI=1S/C11H24N2O2/c1-14-8-6-12-4-5-13-9-11-3-2-7-15-10-11/h11-13H,2-10H2,1H3. The van der Waals surface area contributed by atoms with Gasteiger partial charge in [-0.2, -0.15) is 0 Å². The van der Waals surface area contributed by atoms with E-state index in [9.17, 15) is 0 Å². The van der Waals surface area contributed by atoms with Crippen molar-refractivity contribution in [2.24, 2.45) is 5.92 Å². The molecule has 0 amide bonds. The van der Waals surface area contributed by atoms with E-state index in [1.807, 2.05) is 0 Å². The van der Waals surface area contributed by atoms with Gasteiger partial charge in [0.1, 0.15) is 0 Å². The van der Waals surface area contributed by atoms with Crippen LogP contribution < -0.4 is 10.6 Å². The largest absolute Gasteiger partial charge is 0.383 e. The monoisotopic (exact) mass is 216 g/mol. The molecule has 0 spiro atoms. The molecular weight excluding hydrogens is 192 g/mol. The van der Waals surface area contributed by atoms with Crippen LogP contribution in [0.3, 0.4) is 0 Å². The van der Waals surface area contributed by atoms with Crippen LogP contribution in [-0.4, -0.2) is 53.1 Å². The van der Waals surface area contributed by atoms with Crippen LogP contribution in [0.2, 0.25) is 0 Å². The van der Waals surface area contributed by atoms with E-state index in [0.29, 0.717) is 0 Å². The summed E-state index contributed by atoms with van der Waals surface area (Å²) in [5.41, 5.74) is 0. The average Bonchev–Trinajstić information content (AvgIpc) is 2.29. The number of methoxy groups -OCH3 is 1. The van der Waals surface area contributed by atoms with Crippen LogP contribution in [0.15, 0.2) is 0 Å². The second-order valence-corrected chi connectivity index (χ2v) is 4.03. The molecule has 1 saturated heterocycles. The number of rotatable bonds is 8. The second-order valence-electron chi connectivity index (χ2n) is 4.03. The molecule has 1 aliphatic heterocycles. The van der Waals surface area contributed by atoms with Crippen molar-refractivity contribution in [1.82, 2.24) is 10.6 Å². The summed E-state index contributed by atoms with van der Waals surface area (Å²) in [4.78, 5) is 0. The van der Waals surface area contributed by atoms with Gasteiger partial charge in [-0.1, -0.05) is 0 Å². The van der Waals surface area contributed by atoms with Crippen molar-refractivity contribution >= 4 is 0 Å². The van der Waals surface area contributed by atoms with E-state index in [1.165, 1.54) is 12.8 Å². The molecule has 0 radical (unpaired) electrons. The molecule has 0 aromatic heterocycles. The maximum atomic E-state index is 5.42. The Hall–Kier alpha value is -0.160. The molecule has 1 unspecified atom stereocenters. The molecule has 90 valence electrons. The summed E-state index contributed by atoms with van der Waals surface area (Å²) in [5, 5.41) is 6.75. The van der Waals surface area contributed by atoms with Gasteiger partial charge in [-0.25, -0.2) is 0 Å². The summed E-state index contributed by atoms with van der Waals surface area (Å²) in [6.07, 6.45) is 2.53. The highest BCUT2D eigenvalue weighted by Crippen LogP contribution is 2.11. The lowest BCUT2D eigenvalue weighted by Gasteiger charge is -2.22. The van der Waals surface area contributed by atoms with Crippen molar-refractivity contribution < 1.29 is 9.47 Å². The van der Waals surface area contributed by atoms with Crippen LogP contribution in [0, 0.1) is 5.92 Å². The van der Waals surface area contributed by atoms with Gasteiger partial charge in [-0.3, -0.25) is 0 Å². The molecule has 0 aromatic carbocycles. The van der Waals surface area contributed by atoms with Crippen molar-refractivity contribution in [2.75, 3.05) is 53.1 Å². The molecule has 2 N–H and O–H groups in total. The van der Waals surface area contributed by atoms with Gasteiger partial charge >= 0.3 is 0 Å². The van der Waals surface area contributed by atoms with Crippen LogP contribution in [0.4, 0.5) is 0 Å². The fourth-order valence-electron chi connectivity index (χ4n) is 1.75. The van der Waals surface area contributed by atoms with Gasteiger partial charge in [0, 0.05) is 39.9 Å². The predicted octanol–water partition coefficient (Wildman–Crippen LogP) is 0.239. The topological polar surface area (TPSA) is 42.5 Å². The van der Waals surface area contributed by atoms with Crippen molar-refractivity contribution in [3.8, 4) is 0 Å². The molecule has 1 fully saturated rings. The first-order valence-electron chi connectivity index (χ1n) is 5.91. The van der Waals surface area contributed by atoms with E-state index >= 15 is 0 Å². The summed E-state index contributed by atoms with van der Waals surface area (Å²) >= 11 is 0. The quantitative estimate of drug-likeness (QED) is 0.570. The minimum absolute atomic E-state index is 0.720. The van der Waals surface area contributed by atoms with Crippen molar-refractivity contribution in [3.05, 3.63) is 0 Å². The van der Waals surface area contributed by atoms with E-state index in [2.05, 4.69) is 10.6 Å². The fraction of sp³-hybridized carbons (Fsp3) is 1.00. The number of ether oxygens (including phenoxy) is 2. The fourth-order valence-corrected chi connectivity index (χ4v) is 1.75. The molecule has 4 nitrogen and oxygen atoms in total. The number of hydrogen-bond donors (Lipinski definition) is 2. The first-order chi connectivity index (χ1) is 7.43. The summed E-state index contributed by atoms with van der Waals surface area (Å²) in [6.45, 7) is 6.74. The SMILES string of the molecule is COCCNCCNCC1CCCOC1. The molecule has 0 aliphatic carbocycles. The third kappa shape index (κ3) is 6.84. The van der Waals surface area contributed by atoms with Gasteiger partial charge < -0.3 is 20.1 Å². The minimum atomic E-state index is 0.720. The van der Waals surface area contributed by atoms with Crippen LogP contribution in [0.1, 0.15) is 12.8 Å². The lowest BCUT2D eigenvalue weighted by Crippen LogP contribution is -2.34. The Morgan fingerprint density at radius 3 is 2.87 bits per heavy atom. The molecule has 0 aromatic rings. The Balaban J connectivity index is 1.79. The van der Waals surface area contributed by atoms with Crippen LogP contribution >= 0.6 is 0 Å². The molecule has 0 saturated carbocycles. The van der Waals surface area contributed by atoms with Crippen molar-refractivity contribution in [1.29, 1.82) is 0 Å². The molecule has 1 rings (SSSR count). The molecule has 1 aliphatic rings. The van der Waals surface area contributed by atoms with E-state index in [1.54, 1.807) is 7.11 Å². The smallest absolute Gasteiger partial charge is 0.0587 e. The third-order valence-corrected chi connectivity index (χ3v) is 2.65. The normalized spacial score (nSPS) is 21.8. The zero-order valence-electron chi connectivity index (χ0n) is 9.76. The molecule has 0 bridgehead atoms. The number of hydrogen-bond acceptors (Lipinski definition) is 4. The molecule has 4 heteroatoms. The lowest BCUT2D eigenvalue weighted by atomic mass is 10.0. The Labute approximate surface area is 92.7 Å².